The molecule has 2 aliphatic rings. The van der Waals surface area contributed by atoms with E-state index in [9.17, 15) is 8.42 Å². The third kappa shape index (κ3) is 2.28. The molecule has 3 heterocycles. The van der Waals surface area contributed by atoms with Crippen LogP contribution in [0.2, 0.25) is 0 Å². The van der Waals surface area contributed by atoms with Gasteiger partial charge in [0.2, 0.25) is 5.09 Å². The minimum absolute atomic E-state index is 0.0583. The molecule has 2 unspecified atom stereocenters. The van der Waals surface area contributed by atoms with E-state index in [4.69, 9.17) is 9.52 Å². The summed E-state index contributed by atoms with van der Waals surface area (Å²) < 4.78 is 32.1. The average Bonchev–Trinajstić information content (AvgIpc) is 3.05. The molecule has 7 heteroatoms. The van der Waals surface area contributed by atoms with Gasteiger partial charge >= 0.3 is 0 Å². The molecular weight excluding hydrogens is 280 g/mol. The number of sulfonamides is 1. The number of nitrogens with zero attached hydrogens (tertiary/aromatic N) is 2. The van der Waals surface area contributed by atoms with Gasteiger partial charge in [-0.2, -0.15) is 4.31 Å². The van der Waals surface area contributed by atoms with Crippen LogP contribution in [0.25, 0.3) is 0 Å². The maximum Gasteiger partial charge on any atom is 0.276 e. The minimum atomic E-state index is -3.61. The predicted molar refractivity (Wildman–Crippen MR) is 72.6 cm³/mol. The van der Waals surface area contributed by atoms with Crippen molar-refractivity contribution in [3.63, 3.8) is 0 Å². The van der Waals surface area contributed by atoms with Crippen molar-refractivity contribution < 1.29 is 17.9 Å². The molecule has 0 saturated carbocycles. The highest BCUT2D eigenvalue weighted by molar-refractivity contribution is 7.89. The lowest BCUT2D eigenvalue weighted by Crippen LogP contribution is -2.56. The molecule has 2 fully saturated rings. The zero-order valence-corrected chi connectivity index (χ0v) is 12.3. The number of hydrogen-bond acceptors (Lipinski definition) is 5. The summed E-state index contributed by atoms with van der Waals surface area (Å²) >= 11 is 0. The molecule has 0 radical (unpaired) electrons. The fourth-order valence-electron chi connectivity index (χ4n) is 3.19. The summed E-state index contributed by atoms with van der Waals surface area (Å²) in [7, 11) is -3.61. The van der Waals surface area contributed by atoms with Crippen molar-refractivity contribution in [1.82, 2.24) is 9.21 Å². The summed E-state index contributed by atoms with van der Waals surface area (Å²) in [6.45, 7) is 4.01. The van der Waals surface area contributed by atoms with Gasteiger partial charge in [0.05, 0.1) is 0 Å². The molecule has 2 atom stereocenters. The summed E-state index contributed by atoms with van der Waals surface area (Å²) in [6, 6.07) is 3.20. The average molecular weight is 300 g/mol. The van der Waals surface area contributed by atoms with Crippen LogP contribution >= 0.6 is 0 Å². The lowest BCUT2D eigenvalue weighted by atomic mass is 10.1. The molecule has 1 aromatic heterocycles. The molecule has 1 aromatic rings. The smallest absolute Gasteiger partial charge is 0.276 e. The van der Waals surface area contributed by atoms with E-state index in [0.717, 1.165) is 25.9 Å². The van der Waals surface area contributed by atoms with Gasteiger partial charge in [-0.25, -0.2) is 8.42 Å². The van der Waals surface area contributed by atoms with Crippen LogP contribution in [0.1, 0.15) is 25.5 Å². The van der Waals surface area contributed by atoms with Gasteiger partial charge in [0.15, 0.2) is 0 Å². The highest BCUT2D eigenvalue weighted by Crippen LogP contribution is 2.29. The number of aliphatic hydroxyl groups excluding tert-OH is 1. The summed E-state index contributed by atoms with van der Waals surface area (Å²) in [6.07, 6.45) is 2.19. The molecule has 0 aliphatic carbocycles. The lowest BCUT2D eigenvalue weighted by Gasteiger charge is -2.40. The maximum atomic E-state index is 12.6. The first-order chi connectivity index (χ1) is 9.52. The van der Waals surface area contributed by atoms with Crippen molar-refractivity contribution in [2.45, 2.75) is 43.5 Å². The normalized spacial score (nSPS) is 28.7. The highest BCUT2D eigenvalue weighted by atomic mass is 32.2. The van der Waals surface area contributed by atoms with Gasteiger partial charge in [0.25, 0.3) is 10.0 Å². The van der Waals surface area contributed by atoms with Crippen LogP contribution in [0.15, 0.2) is 21.6 Å². The van der Waals surface area contributed by atoms with E-state index in [1.807, 2.05) is 6.92 Å². The van der Waals surface area contributed by atoms with E-state index in [1.165, 1.54) is 12.1 Å². The Hall–Kier alpha value is -0.890. The molecule has 3 rings (SSSR count). The molecular formula is C13H20N2O4S. The van der Waals surface area contributed by atoms with E-state index >= 15 is 0 Å². The Morgan fingerprint density at radius 2 is 2.20 bits per heavy atom. The minimum Gasteiger partial charge on any atom is -0.446 e. The van der Waals surface area contributed by atoms with Crippen LogP contribution in [0, 0.1) is 0 Å². The molecule has 112 valence electrons. The van der Waals surface area contributed by atoms with Crippen LogP contribution in [-0.4, -0.2) is 54.4 Å². The van der Waals surface area contributed by atoms with Crippen LogP contribution in [0.5, 0.6) is 0 Å². The van der Waals surface area contributed by atoms with Gasteiger partial charge in [-0.1, -0.05) is 0 Å². The van der Waals surface area contributed by atoms with Crippen molar-refractivity contribution in [3.05, 3.63) is 17.9 Å². The largest absolute Gasteiger partial charge is 0.446 e. The molecule has 2 aliphatic heterocycles. The molecule has 6 nitrogen and oxygen atoms in total. The van der Waals surface area contributed by atoms with Gasteiger partial charge in [-0.15, -0.1) is 0 Å². The first-order valence-corrected chi connectivity index (χ1v) is 8.42. The molecule has 0 aromatic carbocycles. The molecule has 0 spiro atoms. The van der Waals surface area contributed by atoms with E-state index in [2.05, 4.69) is 4.90 Å². The Kier molecular flexibility index (Phi) is 3.62. The third-order valence-electron chi connectivity index (χ3n) is 4.24. The van der Waals surface area contributed by atoms with Crippen LogP contribution in [0.4, 0.5) is 0 Å². The monoisotopic (exact) mass is 300 g/mol. The number of furan rings is 1. The standard InChI is InChI=1S/C13H20N2O4S/c1-10-7-14-6-2-3-11(14)8-15(10)20(17,18)13-5-4-12(9-16)19-13/h4-5,10-11,16H,2-3,6-9H2,1H3. The predicted octanol–water partition coefficient (Wildman–Crippen LogP) is 0.629. The van der Waals surface area contributed by atoms with Crippen molar-refractivity contribution in [2.24, 2.45) is 0 Å². The van der Waals surface area contributed by atoms with Gasteiger partial charge in [-0.05, 0) is 38.4 Å². The van der Waals surface area contributed by atoms with Crippen LogP contribution < -0.4 is 0 Å². The van der Waals surface area contributed by atoms with Crippen LogP contribution in [0.3, 0.4) is 0 Å². The number of hydrogen-bond donors (Lipinski definition) is 1. The molecule has 20 heavy (non-hydrogen) atoms. The first kappa shape index (κ1) is 14.1. The zero-order valence-electron chi connectivity index (χ0n) is 11.5. The third-order valence-corrected chi connectivity index (χ3v) is 6.09. The van der Waals surface area contributed by atoms with E-state index in [1.54, 1.807) is 4.31 Å². The Balaban J connectivity index is 1.86. The van der Waals surface area contributed by atoms with E-state index in [0.29, 0.717) is 12.6 Å². The van der Waals surface area contributed by atoms with Gasteiger partial charge in [0.1, 0.15) is 12.4 Å². The number of rotatable bonds is 3. The van der Waals surface area contributed by atoms with Crippen molar-refractivity contribution in [3.8, 4) is 0 Å². The van der Waals surface area contributed by atoms with Gasteiger partial charge < -0.3 is 9.52 Å². The van der Waals surface area contributed by atoms with Crippen LogP contribution in [-0.2, 0) is 16.6 Å². The van der Waals surface area contributed by atoms with Crippen molar-refractivity contribution >= 4 is 10.0 Å². The summed E-state index contributed by atoms with van der Waals surface area (Å²) in [4.78, 5) is 2.37. The van der Waals surface area contributed by atoms with Crippen molar-refractivity contribution in [1.29, 1.82) is 0 Å². The Morgan fingerprint density at radius 1 is 1.40 bits per heavy atom. The molecule has 1 N–H and O–H groups in total. The molecule has 0 bridgehead atoms. The molecule has 0 amide bonds. The zero-order chi connectivity index (χ0) is 14.3. The number of aliphatic hydroxyl groups is 1. The second-order valence-corrected chi connectivity index (χ2v) is 7.42. The maximum absolute atomic E-state index is 12.6. The highest BCUT2D eigenvalue weighted by Gasteiger charge is 2.41. The van der Waals surface area contributed by atoms with E-state index < -0.39 is 10.0 Å². The summed E-state index contributed by atoms with van der Waals surface area (Å²) in [5, 5.41) is 8.92. The Labute approximate surface area is 119 Å². The number of piperazine rings is 1. The SMILES string of the molecule is CC1CN2CCCC2CN1S(=O)(=O)c1ccc(CO)o1. The van der Waals surface area contributed by atoms with Crippen molar-refractivity contribution in [2.75, 3.05) is 19.6 Å². The topological polar surface area (TPSA) is 74.0 Å². The first-order valence-electron chi connectivity index (χ1n) is 6.98. The fraction of sp³-hybridized carbons (Fsp3) is 0.692. The summed E-state index contributed by atoms with van der Waals surface area (Å²) in [5.41, 5.74) is 0. The Bertz CT molecular complexity index is 583. The Morgan fingerprint density at radius 3 is 2.90 bits per heavy atom. The van der Waals surface area contributed by atoms with Gasteiger partial charge in [-0.3, -0.25) is 4.90 Å². The quantitative estimate of drug-likeness (QED) is 0.886. The second kappa shape index (κ2) is 5.14. The fourth-order valence-corrected chi connectivity index (χ4v) is 4.79. The summed E-state index contributed by atoms with van der Waals surface area (Å²) in [5.74, 6) is 0.274. The second-order valence-electron chi connectivity index (χ2n) is 5.59. The number of fused-ring (bicyclic) bond motifs is 1. The molecule has 2 saturated heterocycles. The van der Waals surface area contributed by atoms with E-state index in [-0.39, 0.29) is 23.5 Å². The lowest BCUT2D eigenvalue weighted by molar-refractivity contribution is 0.115. The van der Waals surface area contributed by atoms with Gasteiger partial charge in [0, 0.05) is 25.2 Å².